The van der Waals surface area contributed by atoms with Gasteiger partial charge >= 0.3 is 0 Å². The lowest BCUT2D eigenvalue weighted by Crippen LogP contribution is -2.51. The van der Waals surface area contributed by atoms with Crippen LogP contribution in [0.4, 0.5) is 0 Å². The summed E-state index contributed by atoms with van der Waals surface area (Å²) in [6.07, 6.45) is 1.40. The molecule has 0 spiro atoms. The maximum Gasteiger partial charge on any atom is 0.249 e. The summed E-state index contributed by atoms with van der Waals surface area (Å²) in [4.78, 5) is 18.5. The van der Waals surface area contributed by atoms with Crippen molar-refractivity contribution in [3.8, 4) is 5.88 Å². The average molecular weight is 342 g/mol. The SMILES string of the molecule is COCC(=O)N1CCOC(COc2ccccn2)C1c1ccccc1. The summed E-state index contributed by atoms with van der Waals surface area (Å²) in [6.45, 7) is 1.36. The maximum atomic E-state index is 12.5. The minimum atomic E-state index is -0.279. The topological polar surface area (TPSA) is 60.9 Å². The van der Waals surface area contributed by atoms with Crippen LogP contribution >= 0.6 is 0 Å². The molecule has 1 aromatic carbocycles. The maximum absolute atomic E-state index is 12.5. The van der Waals surface area contributed by atoms with E-state index in [0.717, 1.165) is 5.56 Å². The molecular weight excluding hydrogens is 320 g/mol. The summed E-state index contributed by atoms with van der Waals surface area (Å²) in [5.74, 6) is 0.487. The number of carbonyl (C=O) groups is 1. The Hall–Kier alpha value is -2.44. The normalized spacial score (nSPS) is 20.3. The van der Waals surface area contributed by atoms with Gasteiger partial charge in [-0.15, -0.1) is 0 Å². The van der Waals surface area contributed by atoms with E-state index in [1.165, 1.54) is 7.11 Å². The molecule has 1 saturated heterocycles. The second-order valence-corrected chi connectivity index (χ2v) is 5.76. The van der Waals surface area contributed by atoms with Gasteiger partial charge in [-0.3, -0.25) is 4.79 Å². The molecule has 2 aromatic rings. The van der Waals surface area contributed by atoms with Crippen LogP contribution in [-0.4, -0.2) is 55.4 Å². The molecular formula is C19H22N2O4. The fourth-order valence-electron chi connectivity index (χ4n) is 3.00. The predicted molar refractivity (Wildman–Crippen MR) is 92.2 cm³/mol. The first-order chi connectivity index (χ1) is 12.3. The van der Waals surface area contributed by atoms with Crippen LogP contribution in [0, 0.1) is 0 Å². The van der Waals surface area contributed by atoms with E-state index < -0.39 is 0 Å². The van der Waals surface area contributed by atoms with Crippen LogP contribution in [0.5, 0.6) is 5.88 Å². The molecule has 0 radical (unpaired) electrons. The van der Waals surface area contributed by atoms with Crippen molar-refractivity contribution in [1.82, 2.24) is 9.88 Å². The van der Waals surface area contributed by atoms with Gasteiger partial charge in [0.1, 0.15) is 19.3 Å². The monoisotopic (exact) mass is 342 g/mol. The second kappa shape index (κ2) is 8.60. The highest BCUT2D eigenvalue weighted by Crippen LogP contribution is 2.30. The molecule has 3 rings (SSSR count). The summed E-state index contributed by atoms with van der Waals surface area (Å²) in [5.41, 5.74) is 1.02. The van der Waals surface area contributed by atoms with Crippen LogP contribution in [0.3, 0.4) is 0 Å². The molecule has 1 fully saturated rings. The molecule has 25 heavy (non-hydrogen) atoms. The van der Waals surface area contributed by atoms with Gasteiger partial charge in [-0.2, -0.15) is 0 Å². The molecule has 0 aliphatic carbocycles. The zero-order valence-corrected chi connectivity index (χ0v) is 14.2. The fraction of sp³-hybridized carbons (Fsp3) is 0.368. The van der Waals surface area contributed by atoms with Gasteiger partial charge in [0.25, 0.3) is 0 Å². The van der Waals surface area contributed by atoms with Crippen molar-refractivity contribution in [2.24, 2.45) is 0 Å². The molecule has 1 aliphatic rings. The third-order valence-electron chi connectivity index (χ3n) is 4.11. The third-order valence-corrected chi connectivity index (χ3v) is 4.11. The molecule has 2 heterocycles. The number of ether oxygens (including phenoxy) is 3. The molecule has 0 saturated carbocycles. The van der Waals surface area contributed by atoms with Gasteiger partial charge in [0, 0.05) is 25.9 Å². The lowest BCUT2D eigenvalue weighted by molar-refractivity contribution is -0.153. The summed E-state index contributed by atoms with van der Waals surface area (Å²) < 4.78 is 16.8. The third kappa shape index (κ3) is 4.35. The zero-order valence-electron chi connectivity index (χ0n) is 14.2. The van der Waals surface area contributed by atoms with Gasteiger partial charge in [0.2, 0.25) is 11.8 Å². The first kappa shape index (κ1) is 17.4. The Labute approximate surface area is 147 Å². The van der Waals surface area contributed by atoms with Crippen molar-refractivity contribution < 1.29 is 19.0 Å². The first-order valence-electron chi connectivity index (χ1n) is 8.28. The highest BCUT2D eigenvalue weighted by molar-refractivity contribution is 5.78. The van der Waals surface area contributed by atoms with E-state index in [-0.39, 0.29) is 24.7 Å². The summed E-state index contributed by atoms with van der Waals surface area (Å²) in [7, 11) is 1.53. The second-order valence-electron chi connectivity index (χ2n) is 5.76. The van der Waals surface area contributed by atoms with Gasteiger partial charge in [-0.1, -0.05) is 36.4 Å². The molecule has 132 valence electrons. The quantitative estimate of drug-likeness (QED) is 0.804. The summed E-state index contributed by atoms with van der Waals surface area (Å²) in [6, 6.07) is 15.2. The smallest absolute Gasteiger partial charge is 0.249 e. The van der Waals surface area contributed by atoms with Crippen molar-refractivity contribution in [3.05, 3.63) is 60.3 Å². The lowest BCUT2D eigenvalue weighted by atomic mass is 9.98. The predicted octanol–water partition coefficient (Wildman–Crippen LogP) is 2.08. The van der Waals surface area contributed by atoms with Gasteiger partial charge in [0.05, 0.1) is 12.6 Å². The largest absolute Gasteiger partial charge is 0.475 e. The van der Waals surface area contributed by atoms with Crippen molar-refractivity contribution in [3.63, 3.8) is 0 Å². The van der Waals surface area contributed by atoms with Crippen LogP contribution < -0.4 is 4.74 Å². The van der Waals surface area contributed by atoms with Crippen molar-refractivity contribution in [1.29, 1.82) is 0 Å². The average Bonchev–Trinajstić information content (AvgIpc) is 2.67. The highest BCUT2D eigenvalue weighted by atomic mass is 16.5. The molecule has 2 unspecified atom stereocenters. The number of methoxy groups -OCH3 is 1. The number of morpholine rings is 1. The fourth-order valence-corrected chi connectivity index (χ4v) is 3.00. The minimum Gasteiger partial charge on any atom is -0.475 e. The number of aromatic nitrogens is 1. The van der Waals surface area contributed by atoms with E-state index in [1.807, 2.05) is 47.4 Å². The molecule has 0 N–H and O–H groups in total. The van der Waals surface area contributed by atoms with Crippen LogP contribution in [0.15, 0.2) is 54.7 Å². The first-order valence-corrected chi connectivity index (χ1v) is 8.28. The van der Waals surface area contributed by atoms with E-state index >= 15 is 0 Å². The number of amides is 1. The van der Waals surface area contributed by atoms with Gasteiger partial charge < -0.3 is 19.1 Å². The number of benzene rings is 1. The van der Waals surface area contributed by atoms with E-state index in [9.17, 15) is 4.79 Å². The van der Waals surface area contributed by atoms with Gasteiger partial charge in [0.15, 0.2) is 0 Å². The highest BCUT2D eigenvalue weighted by Gasteiger charge is 2.36. The van der Waals surface area contributed by atoms with Crippen LogP contribution in [0.2, 0.25) is 0 Å². The van der Waals surface area contributed by atoms with E-state index in [1.54, 1.807) is 12.3 Å². The van der Waals surface area contributed by atoms with Crippen molar-refractivity contribution in [2.45, 2.75) is 12.1 Å². The molecule has 1 amide bonds. The standard InChI is InChI=1S/C19H22N2O4/c1-23-14-18(22)21-11-12-24-16(13-25-17-9-5-6-10-20-17)19(21)15-7-3-2-4-8-15/h2-10,16,19H,11-14H2,1H3. The lowest BCUT2D eigenvalue weighted by Gasteiger charge is -2.41. The Bertz CT molecular complexity index is 666. The summed E-state index contributed by atoms with van der Waals surface area (Å²) >= 11 is 0. The van der Waals surface area contributed by atoms with E-state index in [0.29, 0.717) is 25.6 Å². The molecule has 1 aliphatic heterocycles. The molecule has 6 nitrogen and oxygen atoms in total. The number of nitrogens with zero attached hydrogens (tertiary/aromatic N) is 2. The Morgan fingerprint density at radius 2 is 2.04 bits per heavy atom. The molecule has 0 bridgehead atoms. The van der Waals surface area contributed by atoms with Crippen molar-refractivity contribution in [2.75, 3.05) is 33.5 Å². The Kier molecular flexibility index (Phi) is 5.98. The van der Waals surface area contributed by atoms with E-state index in [2.05, 4.69) is 4.98 Å². The van der Waals surface area contributed by atoms with Gasteiger partial charge in [-0.25, -0.2) is 4.98 Å². The number of carbonyl (C=O) groups excluding carboxylic acids is 1. The van der Waals surface area contributed by atoms with Crippen LogP contribution in [0.1, 0.15) is 11.6 Å². The number of hydrogen-bond acceptors (Lipinski definition) is 5. The number of pyridine rings is 1. The number of rotatable bonds is 6. The molecule has 2 atom stereocenters. The Morgan fingerprint density at radius 3 is 2.76 bits per heavy atom. The van der Waals surface area contributed by atoms with Crippen LogP contribution in [-0.2, 0) is 14.3 Å². The van der Waals surface area contributed by atoms with E-state index in [4.69, 9.17) is 14.2 Å². The molecule has 6 heteroatoms. The minimum absolute atomic E-state index is 0.0527. The Balaban J connectivity index is 1.80. The molecule has 1 aromatic heterocycles. The number of hydrogen-bond donors (Lipinski definition) is 0. The summed E-state index contributed by atoms with van der Waals surface area (Å²) in [5, 5.41) is 0. The van der Waals surface area contributed by atoms with Crippen LogP contribution in [0.25, 0.3) is 0 Å². The Morgan fingerprint density at radius 1 is 1.24 bits per heavy atom. The van der Waals surface area contributed by atoms with Crippen molar-refractivity contribution >= 4 is 5.91 Å². The zero-order chi connectivity index (χ0) is 17.5. The van der Waals surface area contributed by atoms with Gasteiger partial charge in [-0.05, 0) is 11.6 Å².